The Morgan fingerprint density at radius 2 is 2.29 bits per heavy atom. The fourth-order valence-electron chi connectivity index (χ4n) is 2.12. The molecular formula is C11H15ClN2. The van der Waals surface area contributed by atoms with E-state index in [4.69, 9.17) is 17.3 Å². The van der Waals surface area contributed by atoms with Gasteiger partial charge in [0.05, 0.1) is 0 Å². The summed E-state index contributed by atoms with van der Waals surface area (Å²) in [5, 5.41) is 0.831. The molecule has 1 saturated heterocycles. The van der Waals surface area contributed by atoms with Gasteiger partial charge in [-0.2, -0.15) is 0 Å². The van der Waals surface area contributed by atoms with Gasteiger partial charge < -0.3 is 5.73 Å². The average Bonchev–Trinajstić information content (AvgIpc) is 2.56. The first kappa shape index (κ1) is 9.81. The minimum atomic E-state index is 0.450. The molecule has 1 aliphatic heterocycles. The lowest BCUT2D eigenvalue weighted by Crippen LogP contribution is -2.17. The van der Waals surface area contributed by atoms with E-state index in [1.807, 2.05) is 18.2 Å². The summed E-state index contributed by atoms with van der Waals surface area (Å²) in [5.41, 5.74) is 7.73. The molecule has 1 unspecified atom stereocenters. The molecule has 2 N–H and O–H groups in total. The van der Waals surface area contributed by atoms with E-state index in [0.717, 1.165) is 17.3 Å². The van der Waals surface area contributed by atoms with Crippen LogP contribution >= 0.6 is 11.6 Å². The molecule has 1 atom stereocenters. The summed E-state index contributed by atoms with van der Waals surface area (Å²) in [5.74, 6) is 0. The maximum atomic E-state index is 6.16. The number of benzene rings is 1. The highest BCUT2D eigenvalue weighted by Gasteiger charge is 2.24. The fraction of sp³-hybridized carbons (Fsp3) is 0.455. The van der Waals surface area contributed by atoms with Crippen LogP contribution in [0.5, 0.6) is 0 Å². The van der Waals surface area contributed by atoms with Crippen LogP contribution in [0.2, 0.25) is 5.02 Å². The summed E-state index contributed by atoms with van der Waals surface area (Å²) in [6.07, 6.45) is 2.42. The minimum Gasteiger partial charge on any atom is -0.399 e. The summed E-state index contributed by atoms with van der Waals surface area (Å²) in [7, 11) is 2.14. The Balaban J connectivity index is 2.34. The highest BCUT2D eigenvalue weighted by molar-refractivity contribution is 6.31. The van der Waals surface area contributed by atoms with Gasteiger partial charge in [0.1, 0.15) is 0 Å². The monoisotopic (exact) mass is 210 g/mol. The van der Waals surface area contributed by atoms with Crippen molar-refractivity contribution in [2.75, 3.05) is 19.3 Å². The number of nitrogen functional groups attached to an aromatic ring is 1. The van der Waals surface area contributed by atoms with Gasteiger partial charge in [0.15, 0.2) is 0 Å². The van der Waals surface area contributed by atoms with Crippen LogP contribution in [-0.2, 0) is 0 Å². The lowest BCUT2D eigenvalue weighted by atomic mass is 10.0. The smallest absolute Gasteiger partial charge is 0.0455 e. The Kier molecular flexibility index (Phi) is 2.66. The van der Waals surface area contributed by atoms with Crippen LogP contribution in [-0.4, -0.2) is 18.5 Å². The van der Waals surface area contributed by atoms with E-state index < -0.39 is 0 Å². The van der Waals surface area contributed by atoms with Gasteiger partial charge >= 0.3 is 0 Å². The van der Waals surface area contributed by atoms with Crippen molar-refractivity contribution in [3.63, 3.8) is 0 Å². The summed E-state index contributed by atoms with van der Waals surface area (Å²) in [4.78, 5) is 2.33. The second-order valence-corrected chi connectivity index (χ2v) is 4.33. The molecule has 1 heterocycles. The number of nitrogens with two attached hydrogens (primary N) is 1. The average molecular weight is 211 g/mol. The highest BCUT2D eigenvalue weighted by Crippen LogP contribution is 2.35. The van der Waals surface area contributed by atoms with Crippen molar-refractivity contribution in [1.29, 1.82) is 0 Å². The third-order valence-electron chi connectivity index (χ3n) is 2.90. The highest BCUT2D eigenvalue weighted by atomic mass is 35.5. The molecule has 0 saturated carbocycles. The number of nitrogens with zero attached hydrogens (tertiary/aromatic N) is 1. The third-order valence-corrected chi connectivity index (χ3v) is 3.24. The molecule has 0 spiro atoms. The number of hydrogen-bond donors (Lipinski definition) is 1. The standard InChI is InChI=1S/C11H15ClN2/c1-14-6-2-3-11(14)9-7-8(13)4-5-10(9)12/h4-5,7,11H,2-3,6,13H2,1H3. The number of rotatable bonds is 1. The van der Waals surface area contributed by atoms with Crippen LogP contribution in [0.15, 0.2) is 18.2 Å². The number of likely N-dealkylation sites (tertiary alicyclic amines) is 1. The summed E-state index contributed by atoms with van der Waals surface area (Å²) < 4.78 is 0. The van der Waals surface area contributed by atoms with E-state index in [0.29, 0.717) is 6.04 Å². The van der Waals surface area contributed by atoms with Gasteiger partial charge in [-0.3, -0.25) is 4.90 Å². The minimum absolute atomic E-state index is 0.450. The second-order valence-electron chi connectivity index (χ2n) is 3.92. The van der Waals surface area contributed by atoms with Gasteiger partial charge in [0.25, 0.3) is 0 Å². The summed E-state index contributed by atoms with van der Waals surface area (Å²) in [6.45, 7) is 1.15. The fourth-order valence-corrected chi connectivity index (χ4v) is 2.36. The van der Waals surface area contributed by atoms with E-state index in [9.17, 15) is 0 Å². The van der Waals surface area contributed by atoms with Crippen molar-refractivity contribution in [2.24, 2.45) is 0 Å². The quantitative estimate of drug-likeness (QED) is 0.723. The molecule has 0 aromatic heterocycles. The lowest BCUT2D eigenvalue weighted by Gasteiger charge is -2.21. The molecule has 2 rings (SSSR count). The normalized spacial score (nSPS) is 22.9. The molecule has 1 fully saturated rings. The first-order valence-electron chi connectivity index (χ1n) is 4.93. The zero-order chi connectivity index (χ0) is 10.1. The maximum Gasteiger partial charge on any atom is 0.0455 e. The van der Waals surface area contributed by atoms with Crippen molar-refractivity contribution in [3.05, 3.63) is 28.8 Å². The Morgan fingerprint density at radius 1 is 1.50 bits per heavy atom. The molecule has 0 aliphatic carbocycles. The molecule has 76 valence electrons. The van der Waals surface area contributed by atoms with Gasteiger partial charge in [-0.15, -0.1) is 0 Å². The van der Waals surface area contributed by atoms with Crippen molar-refractivity contribution < 1.29 is 0 Å². The Bertz CT molecular complexity index is 338. The van der Waals surface area contributed by atoms with Crippen LogP contribution in [0.4, 0.5) is 5.69 Å². The summed E-state index contributed by atoms with van der Waals surface area (Å²) in [6, 6.07) is 6.18. The zero-order valence-electron chi connectivity index (χ0n) is 8.33. The van der Waals surface area contributed by atoms with Crippen LogP contribution < -0.4 is 5.73 Å². The van der Waals surface area contributed by atoms with E-state index in [2.05, 4.69) is 11.9 Å². The Hall–Kier alpha value is -0.730. The molecule has 1 aliphatic rings. The predicted molar refractivity (Wildman–Crippen MR) is 60.5 cm³/mol. The van der Waals surface area contributed by atoms with E-state index >= 15 is 0 Å². The van der Waals surface area contributed by atoms with Crippen LogP contribution in [0, 0.1) is 0 Å². The first-order chi connectivity index (χ1) is 6.68. The van der Waals surface area contributed by atoms with Crippen molar-refractivity contribution in [3.8, 4) is 0 Å². The first-order valence-corrected chi connectivity index (χ1v) is 5.31. The molecule has 1 aromatic rings. The zero-order valence-corrected chi connectivity index (χ0v) is 9.09. The molecule has 0 radical (unpaired) electrons. The van der Waals surface area contributed by atoms with Crippen molar-refractivity contribution in [2.45, 2.75) is 18.9 Å². The second kappa shape index (κ2) is 3.79. The van der Waals surface area contributed by atoms with Crippen molar-refractivity contribution in [1.82, 2.24) is 4.90 Å². The van der Waals surface area contributed by atoms with E-state index in [1.54, 1.807) is 0 Å². The van der Waals surface area contributed by atoms with Gasteiger partial charge in [-0.05, 0) is 50.2 Å². The molecule has 1 aromatic carbocycles. The van der Waals surface area contributed by atoms with Crippen LogP contribution in [0.25, 0.3) is 0 Å². The van der Waals surface area contributed by atoms with Gasteiger partial charge in [0.2, 0.25) is 0 Å². The number of halogens is 1. The van der Waals surface area contributed by atoms with E-state index in [1.165, 1.54) is 18.4 Å². The molecule has 0 bridgehead atoms. The molecule has 2 nitrogen and oxygen atoms in total. The molecule has 0 amide bonds. The van der Waals surface area contributed by atoms with Crippen LogP contribution in [0.3, 0.4) is 0 Å². The number of hydrogen-bond acceptors (Lipinski definition) is 2. The Labute approximate surface area is 89.7 Å². The largest absolute Gasteiger partial charge is 0.399 e. The third kappa shape index (κ3) is 1.72. The lowest BCUT2D eigenvalue weighted by molar-refractivity contribution is 0.317. The van der Waals surface area contributed by atoms with Gasteiger partial charge in [-0.25, -0.2) is 0 Å². The topological polar surface area (TPSA) is 29.3 Å². The van der Waals surface area contributed by atoms with Crippen LogP contribution in [0.1, 0.15) is 24.4 Å². The molecule has 14 heavy (non-hydrogen) atoms. The SMILES string of the molecule is CN1CCCC1c1cc(N)ccc1Cl. The summed E-state index contributed by atoms with van der Waals surface area (Å²) >= 11 is 6.16. The number of anilines is 1. The maximum absolute atomic E-state index is 6.16. The Morgan fingerprint density at radius 3 is 2.93 bits per heavy atom. The van der Waals surface area contributed by atoms with Gasteiger partial charge in [-0.1, -0.05) is 11.6 Å². The van der Waals surface area contributed by atoms with Crippen molar-refractivity contribution >= 4 is 17.3 Å². The molecular weight excluding hydrogens is 196 g/mol. The molecule has 3 heteroatoms. The van der Waals surface area contributed by atoms with E-state index in [-0.39, 0.29) is 0 Å². The van der Waals surface area contributed by atoms with Gasteiger partial charge in [0, 0.05) is 16.8 Å². The predicted octanol–water partition coefficient (Wildman–Crippen LogP) is 2.69.